The molecule has 0 radical (unpaired) electrons. The molecule has 2 aromatic carbocycles. The van der Waals surface area contributed by atoms with Gasteiger partial charge in [0, 0.05) is 11.4 Å². The molecule has 0 aliphatic carbocycles. The molecule has 3 aromatic rings. The maximum atomic E-state index is 11.7. The predicted octanol–water partition coefficient (Wildman–Crippen LogP) is 2.89. The fourth-order valence-corrected chi connectivity index (χ4v) is 3.26. The van der Waals surface area contributed by atoms with E-state index < -0.39 is 24.5 Å². The number of rotatable bonds is 8. The number of esters is 1. The molecular formula is C21H20N2O5S. The molecule has 1 heterocycles. The number of amides is 3. The number of imide groups is 1. The van der Waals surface area contributed by atoms with E-state index in [4.69, 9.17) is 9.47 Å². The zero-order valence-corrected chi connectivity index (χ0v) is 16.4. The molecule has 0 aliphatic heterocycles. The van der Waals surface area contributed by atoms with Gasteiger partial charge in [-0.2, -0.15) is 0 Å². The first-order valence-corrected chi connectivity index (χ1v) is 9.85. The Kier molecular flexibility index (Phi) is 7.18. The Morgan fingerprint density at radius 3 is 2.55 bits per heavy atom. The highest BCUT2D eigenvalue weighted by atomic mass is 32.1. The van der Waals surface area contributed by atoms with Crippen molar-refractivity contribution in [2.24, 2.45) is 0 Å². The van der Waals surface area contributed by atoms with Gasteiger partial charge in [0.25, 0.3) is 5.91 Å². The van der Waals surface area contributed by atoms with E-state index in [1.165, 1.54) is 0 Å². The maximum absolute atomic E-state index is 11.7. The third-order valence-electron chi connectivity index (χ3n) is 3.93. The number of thiophene rings is 1. The molecule has 29 heavy (non-hydrogen) atoms. The Morgan fingerprint density at radius 2 is 1.76 bits per heavy atom. The van der Waals surface area contributed by atoms with E-state index in [9.17, 15) is 14.4 Å². The lowest BCUT2D eigenvalue weighted by Crippen LogP contribution is -2.42. The lowest BCUT2D eigenvalue weighted by Gasteiger charge is -2.09. The summed E-state index contributed by atoms with van der Waals surface area (Å²) >= 11 is 1.60. The van der Waals surface area contributed by atoms with E-state index in [-0.39, 0.29) is 6.61 Å². The number of hydrogen-bond acceptors (Lipinski definition) is 6. The Balaban J connectivity index is 1.32. The largest absolute Gasteiger partial charge is 0.482 e. The van der Waals surface area contributed by atoms with Gasteiger partial charge in [0.2, 0.25) is 0 Å². The van der Waals surface area contributed by atoms with Crippen molar-refractivity contribution in [1.82, 2.24) is 10.6 Å². The fourth-order valence-electron chi connectivity index (χ4n) is 2.55. The Labute approximate surface area is 171 Å². The number of ether oxygens (including phenoxy) is 2. The molecule has 0 saturated heterocycles. The van der Waals surface area contributed by atoms with Crippen molar-refractivity contribution >= 4 is 40.0 Å². The first-order chi connectivity index (χ1) is 14.1. The Bertz CT molecular complexity index is 988. The highest BCUT2D eigenvalue weighted by Gasteiger charge is 2.11. The van der Waals surface area contributed by atoms with Gasteiger partial charge in [-0.15, -0.1) is 11.3 Å². The molecule has 0 aliphatic rings. The summed E-state index contributed by atoms with van der Waals surface area (Å²) in [4.78, 5) is 36.2. The van der Waals surface area contributed by atoms with Gasteiger partial charge in [-0.3, -0.25) is 10.1 Å². The van der Waals surface area contributed by atoms with E-state index in [1.807, 2.05) is 53.9 Å². The van der Waals surface area contributed by atoms with E-state index in [0.717, 1.165) is 15.6 Å². The second-order valence-electron chi connectivity index (χ2n) is 6.09. The van der Waals surface area contributed by atoms with E-state index in [0.29, 0.717) is 18.7 Å². The van der Waals surface area contributed by atoms with E-state index in [1.54, 1.807) is 17.4 Å². The molecule has 0 fully saturated rings. The van der Waals surface area contributed by atoms with Crippen LogP contribution in [0.25, 0.3) is 10.8 Å². The van der Waals surface area contributed by atoms with Crippen molar-refractivity contribution in [3.05, 3.63) is 64.9 Å². The topological polar surface area (TPSA) is 93.7 Å². The van der Waals surface area contributed by atoms with Crippen LogP contribution in [0.15, 0.2) is 60.0 Å². The first kappa shape index (κ1) is 20.3. The van der Waals surface area contributed by atoms with Crippen LogP contribution >= 0.6 is 11.3 Å². The number of carbonyl (C=O) groups is 3. The van der Waals surface area contributed by atoms with Gasteiger partial charge < -0.3 is 14.8 Å². The van der Waals surface area contributed by atoms with Crippen molar-refractivity contribution in [3.8, 4) is 5.75 Å². The molecule has 2 N–H and O–H groups in total. The van der Waals surface area contributed by atoms with Crippen molar-refractivity contribution in [3.63, 3.8) is 0 Å². The number of nitrogens with one attached hydrogen (secondary N) is 2. The minimum atomic E-state index is -0.710. The van der Waals surface area contributed by atoms with Gasteiger partial charge in [0.15, 0.2) is 13.2 Å². The summed E-state index contributed by atoms with van der Waals surface area (Å²) < 4.78 is 10.2. The summed E-state index contributed by atoms with van der Waals surface area (Å²) in [6.07, 6.45) is 0.681. The number of carbonyl (C=O) groups excluding carboxylic acids is 3. The zero-order chi connectivity index (χ0) is 20.5. The third-order valence-corrected chi connectivity index (χ3v) is 4.87. The van der Waals surface area contributed by atoms with Crippen LogP contribution < -0.4 is 15.4 Å². The smallest absolute Gasteiger partial charge is 0.344 e. The third kappa shape index (κ3) is 6.62. The van der Waals surface area contributed by atoms with Gasteiger partial charge in [-0.25, -0.2) is 9.59 Å². The highest BCUT2D eigenvalue weighted by Crippen LogP contribution is 2.20. The van der Waals surface area contributed by atoms with Gasteiger partial charge >= 0.3 is 12.0 Å². The number of urea groups is 1. The predicted molar refractivity (Wildman–Crippen MR) is 110 cm³/mol. The number of hydrogen-bond donors (Lipinski definition) is 2. The van der Waals surface area contributed by atoms with Crippen LogP contribution in [0.1, 0.15) is 4.88 Å². The SMILES string of the molecule is O=C(COC(=O)COc1ccc2ccccc2c1)NC(=O)NCCc1cccs1. The molecule has 0 saturated carbocycles. The molecule has 150 valence electrons. The normalized spacial score (nSPS) is 10.3. The number of benzene rings is 2. The average molecular weight is 412 g/mol. The quantitative estimate of drug-likeness (QED) is 0.555. The molecule has 0 bridgehead atoms. The summed E-state index contributed by atoms with van der Waals surface area (Å²) in [5.74, 6) is -0.890. The van der Waals surface area contributed by atoms with Crippen LogP contribution in [0.4, 0.5) is 4.79 Å². The average Bonchev–Trinajstić information content (AvgIpc) is 3.24. The standard InChI is InChI=1S/C21H20N2O5S/c24-19(23-21(26)22-10-9-18-6-3-11-29-18)13-28-20(25)14-27-17-8-7-15-4-1-2-5-16(15)12-17/h1-8,11-12H,9-10,13-14H2,(H2,22,23,24,26). The van der Waals surface area contributed by atoms with Gasteiger partial charge in [-0.05, 0) is 40.8 Å². The summed E-state index contributed by atoms with van der Waals surface area (Å²) in [5.41, 5.74) is 0. The van der Waals surface area contributed by atoms with Crippen molar-refractivity contribution in [2.45, 2.75) is 6.42 Å². The minimum absolute atomic E-state index is 0.335. The molecule has 0 unspecified atom stereocenters. The summed E-state index contributed by atoms with van der Waals surface area (Å²) in [6, 6.07) is 16.5. The summed E-state index contributed by atoms with van der Waals surface area (Å²) in [6.45, 7) is -0.490. The number of fused-ring (bicyclic) bond motifs is 1. The van der Waals surface area contributed by atoms with Crippen molar-refractivity contribution in [2.75, 3.05) is 19.8 Å². The molecule has 1 aromatic heterocycles. The van der Waals surface area contributed by atoms with E-state index in [2.05, 4.69) is 10.6 Å². The fraction of sp³-hybridized carbons (Fsp3) is 0.190. The summed E-state index contributed by atoms with van der Waals surface area (Å²) in [5, 5.41) is 8.68. The van der Waals surface area contributed by atoms with Crippen molar-refractivity contribution in [1.29, 1.82) is 0 Å². The van der Waals surface area contributed by atoms with Crippen LogP contribution in [0.3, 0.4) is 0 Å². The second kappa shape index (κ2) is 10.2. The minimum Gasteiger partial charge on any atom is -0.482 e. The Hall–Kier alpha value is -3.39. The molecular weight excluding hydrogens is 392 g/mol. The van der Waals surface area contributed by atoms with Crippen molar-refractivity contribution < 1.29 is 23.9 Å². The van der Waals surface area contributed by atoms with Crippen LogP contribution in [0.2, 0.25) is 0 Å². The molecule has 0 atom stereocenters. The van der Waals surface area contributed by atoms with Crippen LogP contribution in [0, 0.1) is 0 Å². The highest BCUT2D eigenvalue weighted by molar-refractivity contribution is 7.09. The molecule has 0 spiro atoms. The lowest BCUT2D eigenvalue weighted by atomic mass is 10.1. The second-order valence-corrected chi connectivity index (χ2v) is 7.12. The molecule has 3 amide bonds. The molecule has 3 rings (SSSR count). The Morgan fingerprint density at radius 1 is 0.931 bits per heavy atom. The monoisotopic (exact) mass is 412 g/mol. The maximum Gasteiger partial charge on any atom is 0.344 e. The van der Waals surface area contributed by atoms with Crippen LogP contribution in [0.5, 0.6) is 5.75 Å². The molecule has 8 heteroatoms. The van der Waals surface area contributed by atoms with Crippen LogP contribution in [-0.4, -0.2) is 37.7 Å². The lowest BCUT2D eigenvalue weighted by molar-refractivity contribution is -0.150. The zero-order valence-electron chi connectivity index (χ0n) is 15.6. The first-order valence-electron chi connectivity index (χ1n) is 8.97. The van der Waals surface area contributed by atoms with E-state index >= 15 is 0 Å². The van der Waals surface area contributed by atoms with Gasteiger partial charge in [-0.1, -0.05) is 36.4 Å². The van der Waals surface area contributed by atoms with Crippen LogP contribution in [-0.2, 0) is 20.7 Å². The summed E-state index contributed by atoms with van der Waals surface area (Å²) in [7, 11) is 0. The molecule has 7 nitrogen and oxygen atoms in total. The van der Waals surface area contributed by atoms with Gasteiger partial charge in [0.05, 0.1) is 0 Å². The van der Waals surface area contributed by atoms with Gasteiger partial charge in [0.1, 0.15) is 5.75 Å².